The highest BCUT2D eigenvalue weighted by Gasteiger charge is 2.29. The summed E-state index contributed by atoms with van der Waals surface area (Å²) in [4.78, 5) is -0.355. The van der Waals surface area contributed by atoms with Gasteiger partial charge >= 0.3 is 5.76 Å². The molecule has 0 spiro atoms. The molecule has 2 aromatic carbocycles. The van der Waals surface area contributed by atoms with E-state index in [2.05, 4.69) is 0 Å². The van der Waals surface area contributed by atoms with Gasteiger partial charge in [0.2, 0.25) is 9.84 Å². The summed E-state index contributed by atoms with van der Waals surface area (Å²) in [7, 11) is -4.62. The molecule has 112 valence electrons. The van der Waals surface area contributed by atoms with E-state index < -0.39 is 21.6 Å². The lowest BCUT2D eigenvalue weighted by Gasteiger charge is -2.15. The van der Waals surface area contributed by atoms with E-state index in [1.165, 1.54) is 18.2 Å². The van der Waals surface area contributed by atoms with E-state index in [1.54, 1.807) is 6.07 Å². The van der Waals surface area contributed by atoms with Gasteiger partial charge in [0.25, 0.3) is 0 Å². The van der Waals surface area contributed by atoms with Crippen LogP contribution in [0.4, 0.5) is 8.78 Å². The van der Waals surface area contributed by atoms with Crippen LogP contribution in [0.1, 0.15) is 17.2 Å². The molecule has 2 aromatic rings. The second-order valence-electron chi connectivity index (χ2n) is 4.63. The predicted octanol–water partition coefficient (Wildman–Crippen LogP) is 2.93. The molecule has 1 atom stereocenters. The van der Waals surface area contributed by atoms with Crippen LogP contribution in [-0.2, 0) is 16.3 Å². The van der Waals surface area contributed by atoms with E-state index in [1.807, 2.05) is 30.3 Å². The van der Waals surface area contributed by atoms with Crippen LogP contribution in [0, 0.1) is 0 Å². The van der Waals surface area contributed by atoms with Gasteiger partial charge in [-0.3, -0.25) is 0 Å². The lowest BCUT2D eigenvalue weighted by molar-refractivity contribution is 0.234. The lowest BCUT2D eigenvalue weighted by Crippen LogP contribution is -2.18. The van der Waals surface area contributed by atoms with E-state index in [0.29, 0.717) is 5.56 Å². The summed E-state index contributed by atoms with van der Waals surface area (Å²) >= 11 is 0. The monoisotopic (exact) mass is 311 g/mol. The fourth-order valence-corrected chi connectivity index (χ4v) is 3.08. The normalized spacial score (nSPS) is 13.3. The van der Waals surface area contributed by atoms with Crippen LogP contribution in [0.5, 0.6) is 0 Å². The molecule has 0 saturated heterocycles. The second-order valence-corrected chi connectivity index (χ2v) is 6.52. The van der Waals surface area contributed by atoms with Crippen molar-refractivity contribution in [2.75, 3.05) is 0 Å². The van der Waals surface area contributed by atoms with Gasteiger partial charge in [0.15, 0.2) is 0 Å². The minimum absolute atomic E-state index is 0.173. The van der Waals surface area contributed by atoms with Crippen molar-refractivity contribution in [3.63, 3.8) is 0 Å². The topological polar surface area (TPSA) is 60.2 Å². The summed E-state index contributed by atoms with van der Waals surface area (Å²) in [5.74, 6) is -3.44. The molecular formula is C15H15F2NO2S. The standard InChI is InChI=1S/C15H15F2NO2S/c16-15(17)21(19,20)14-9-5-4-8-12(14)10-13(18)11-6-2-1-3-7-11/h1-9,13,15H,10,18H2. The molecule has 0 aliphatic carbocycles. The second kappa shape index (κ2) is 6.32. The maximum Gasteiger partial charge on any atom is 0.341 e. The zero-order valence-electron chi connectivity index (χ0n) is 11.1. The van der Waals surface area contributed by atoms with Gasteiger partial charge in [-0.05, 0) is 23.6 Å². The highest BCUT2D eigenvalue weighted by molar-refractivity contribution is 7.91. The Morgan fingerprint density at radius 3 is 2.14 bits per heavy atom. The lowest BCUT2D eigenvalue weighted by atomic mass is 10.00. The molecular weight excluding hydrogens is 296 g/mol. The summed E-state index contributed by atoms with van der Waals surface area (Å²) in [5, 5.41) is 0. The van der Waals surface area contributed by atoms with Crippen LogP contribution in [0.15, 0.2) is 59.5 Å². The Kier molecular flexibility index (Phi) is 4.69. The maximum atomic E-state index is 12.7. The molecule has 2 rings (SSSR count). The third kappa shape index (κ3) is 3.46. The fraction of sp³-hybridized carbons (Fsp3) is 0.200. The first-order valence-corrected chi connectivity index (χ1v) is 7.88. The van der Waals surface area contributed by atoms with E-state index in [9.17, 15) is 17.2 Å². The quantitative estimate of drug-likeness (QED) is 0.923. The number of hydrogen-bond donors (Lipinski definition) is 1. The molecule has 0 radical (unpaired) electrons. The molecule has 0 aromatic heterocycles. The van der Waals surface area contributed by atoms with Gasteiger partial charge < -0.3 is 5.73 Å². The number of nitrogens with two attached hydrogens (primary N) is 1. The molecule has 6 heteroatoms. The van der Waals surface area contributed by atoms with E-state index in [4.69, 9.17) is 5.73 Å². The Morgan fingerprint density at radius 1 is 0.952 bits per heavy atom. The van der Waals surface area contributed by atoms with Crippen molar-refractivity contribution in [2.24, 2.45) is 5.73 Å². The van der Waals surface area contributed by atoms with E-state index in [0.717, 1.165) is 5.56 Å². The number of halogens is 2. The molecule has 0 bridgehead atoms. The molecule has 0 aliphatic rings. The van der Waals surface area contributed by atoms with Crippen molar-refractivity contribution in [1.82, 2.24) is 0 Å². The first kappa shape index (κ1) is 15.6. The largest absolute Gasteiger partial charge is 0.341 e. The zero-order valence-corrected chi connectivity index (χ0v) is 11.9. The van der Waals surface area contributed by atoms with Crippen molar-refractivity contribution in [2.45, 2.75) is 23.1 Å². The summed E-state index contributed by atoms with van der Waals surface area (Å²) in [6, 6.07) is 14.4. The molecule has 1 unspecified atom stereocenters. The Hall–Kier alpha value is -1.79. The fourth-order valence-electron chi connectivity index (χ4n) is 2.10. The summed E-state index contributed by atoms with van der Waals surface area (Å²) < 4.78 is 48.8. The summed E-state index contributed by atoms with van der Waals surface area (Å²) in [6.45, 7) is 0. The van der Waals surface area contributed by atoms with Crippen molar-refractivity contribution in [1.29, 1.82) is 0 Å². The Labute approximate surface area is 122 Å². The number of rotatable bonds is 5. The number of alkyl halides is 2. The third-order valence-electron chi connectivity index (χ3n) is 3.18. The minimum Gasteiger partial charge on any atom is -0.324 e. The first-order chi connectivity index (χ1) is 9.93. The van der Waals surface area contributed by atoms with Crippen molar-refractivity contribution in [3.8, 4) is 0 Å². The Balaban J connectivity index is 2.34. The Bertz CT molecular complexity index is 703. The van der Waals surface area contributed by atoms with Gasteiger partial charge in [0.05, 0.1) is 4.90 Å². The van der Waals surface area contributed by atoms with Gasteiger partial charge in [0, 0.05) is 6.04 Å². The minimum atomic E-state index is -4.62. The van der Waals surface area contributed by atoms with Gasteiger partial charge in [-0.15, -0.1) is 0 Å². The molecule has 0 aliphatic heterocycles. The van der Waals surface area contributed by atoms with Crippen LogP contribution >= 0.6 is 0 Å². The van der Waals surface area contributed by atoms with E-state index >= 15 is 0 Å². The first-order valence-electron chi connectivity index (χ1n) is 6.33. The molecule has 2 N–H and O–H groups in total. The van der Waals surface area contributed by atoms with Crippen molar-refractivity contribution in [3.05, 3.63) is 65.7 Å². The molecule has 0 heterocycles. The molecule has 0 saturated carbocycles. The van der Waals surface area contributed by atoms with Crippen LogP contribution in [0.2, 0.25) is 0 Å². The number of sulfone groups is 1. The average Bonchev–Trinajstić information content (AvgIpc) is 2.48. The van der Waals surface area contributed by atoms with Crippen LogP contribution in [-0.4, -0.2) is 14.2 Å². The Morgan fingerprint density at radius 2 is 1.52 bits per heavy atom. The zero-order chi connectivity index (χ0) is 15.5. The van der Waals surface area contributed by atoms with Crippen LogP contribution in [0.25, 0.3) is 0 Å². The highest BCUT2D eigenvalue weighted by atomic mass is 32.2. The summed E-state index contributed by atoms with van der Waals surface area (Å²) in [5.41, 5.74) is 7.15. The van der Waals surface area contributed by atoms with Crippen molar-refractivity contribution < 1.29 is 17.2 Å². The van der Waals surface area contributed by atoms with Crippen LogP contribution in [0.3, 0.4) is 0 Å². The van der Waals surface area contributed by atoms with Crippen LogP contribution < -0.4 is 5.73 Å². The average molecular weight is 311 g/mol. The number of benzene rings is 2. The molecule has 3 nitrogen and oxygen atoms in total. The third-order valence-corrected chi connectivity index (χ3v) is 4.66. The van der Waals surface area contributed by atoms with Gasteiger partial charge in [-0.1, -0.05) is 48.5 Å². The maximum absolute atomic E-state index is 12.7. The number of hydrogen-bond acceptors (Lipinski definition) is 3. The molecule has 0 amide bonds. The highest BCUT2D eigenvalue weighted by Crippen LogP contribution is 2.25. The molecule has 0 fully saturated rings. The SMILES string of the molecule is NC(Cc1ccccc1S(=O)(=O)C(F)F)c1ccccc1. The van der Waals surface area contributed by atoms with E-state index in [-0.39, 0.29) is 11.3 Å². The van der Waals surface area contributed by atoms with Crippen molar-refractivity contribution >= 4 is 9.84 Å². The molecule has 21 heavy (non-hydrogen) atoms. The summed E-state index contributed by atoms with van der Waals surface area (Å²) in [6.07, 6.45) is 0.173. The smallest absolute Gasteiger partial charge is 0.324 e. The van der Waals surface area contributed by atoms with Gasteiger partial charge in [-0.2, -0.15) is 8.78 Å². The predicted molar refractivity (Wildman–Crippen MR) is 76.7 cm³/mol. The van der Waals surface area contributed by atoms with Gasteiger partial charge in [0.1, 0.15) is 0 Å². The van der Waals surface area contributed by atoms with Gasteiger partial charge in [-0.25, -0.2) is 8.42 Å².